The lowest BCUT2D eigenvalue weighted by Crippen LogP contribution is -1.85. The standard InChI is InChI=1S/C21H12N2S/c1-2-6-14-13(5-1)9-10-23-18-11-16-15-7-3-4-8-19(15)24-20(16)12-17(18)22-21(14)23/h1-12H. The van der Waals surface area contributed by atoms with E-state index < -0.39 is 0 Å². The third-order valence-electron chi connectivity index (χ3n) is 4.79. The molecule has 0 radical (unpaired) electrons. The molecular weight excluding hydrogens is 312 g/mol. The quantitative estimate of drug-likeness (QED) is 0.334. The van der Waals surface area contributed by atoms with E-state index in [1.807, 2.05) is 11.3 Å². The first-order valence-corrected chi connectivity index (χ1v) is 8.81. The molecule has 6 rings (SSSR count). The van der Waals surface area contributed by atoms with Crippen LogP contribution in [0.1, 0.15) is 0 Å². The van der Waals surface area contributed by atoms with Crippen LogP contribution in [0.25, 0.3) is 47.6 Å². The summed E-state index contributed by atoms with van der Waals surface area (Å²) in [5, 5.41) is 5.07. The van der Waals surface area contributed by atoms with Crippen LogP contribution in [0, 0.1) is 0 Å². The van der Waals surface area contributed by atoms with Gasteiger partial charge in [-0.2, -0.15) is 0 Å². The third-order valence-corrected chi connectivity index (χ3v) is 5.93. The van der Waals surface area contributed by atoms with E-state index in [9.17, 15) is 0 Å². The largest absolute Gasteiger partial charge is 0.299 e. The molecule has 3 heteroatoms. The molecule has 0 amide bonds. The molecule has 2 nitrogen and oxygen atoms in total. The number of pyridine rings is 1. The second-order valence-electron chi connectivity index (χ2n) is 6.14. The number of imidazole rings is 1. The lowest BCUT2D eigenvalue weighted by Gasteiger charge is -2.00. The van der Waals surface area contributed by atoms with Gasteiger partial charge in [0.05, 0.1) is 11.0 Å². The summed E-state index contributed by atoms with van der Waals surface area (Å²) in [6, 6.07) is 23.7. The number of hydrogen-bond acceptors (Lipinski definition) is 2. The first-order chi connectivity index (χ1) is 11.9. The molecule has 0 spiro atoms. The van der Waals surface area contributed by atoms with Gasteiger partial charge < -0.3 is 0 Å². The Hall–Kier alpha value is -2.91. The van der Waals surface area contributed by atoms with Crippen molar-refractivity contribution in [3.05, 3.63) is 72.9 Å². The molecule has 0 unspecified atom stereocenters. The minimum Gasteiger partial charge on any atom is -0.299 e. The van der Waals surface area contributed by atoms with Crippen LogP contribution in [0.4, 0.5) is 0 Å². The van der Waals surface area contributed by atoms with Crippen LogP contribution in [0.5, 0.6) is 0 Å². The third kappa shape index (κ3) is 1.52. The van der Waals surface area contributed by atoms with Crippen LogP contribution < -0.4 is 0 Å². The first-order valence-electron chi connectivity index (χ1n) is 7.99. The zero-order valence-electron chi connectivity index (χ0n) is 12.7. The van der Waals surface area contributed by atoms with Gasteiger partial charge >= 0.3 is 0 Å². The van der Waals surface area contributed by atoms with E-state index in [-0.39, 0.29) is 0 Å². The van der Waals surface area contributed by atoms with Crippen molar-refractivity contribution in [2.45, 2.75) is 0 Å². The Morgan fingerprint density at radius 1 is 0.750 bits per heavy atom. The predicted molar refractivity (Wildman–Crippen MR) is 103 cm³/mol. The molecule has 0 aliphatic carbocycles. The van der Waals surface area contributed by atoms with E-state index >= 15 is 0 Å². The molecule has 3 aromatic heterocycles. The van der Waals surface area contributed by atoms with Gasteiger partial charge in [0.25, 0.3) is 0 Å². The Morgan fingerprint density at radius 2 is 1.58 bits per heavy atom. The van der Waals surface area contributed by atoms with E-state index in [0.717, 1.165) is 11.2 Å². The van der Waals surface area contributed by atoms with Gasteiger partial charge in [-0.05, 0) is 29.7 Å². The smallest absolute Gasteiger partial charge is 0.145 e. The maximum absolute atomic E-state index is 4.93. The highest BCUT2D eigenvalue weighted by Crippen LogP contribution is 2.36. The average Bonchev–Trinajstić information content (AvgIpc) is 3.17. The molecule has 24 heavy (non-hydrogen) atoms. The van der Waals surface area contributed by atoms with Crippen molar-refractivity contribution in [3.63, 3.8) is 0 Å². The SMILES string of the molecule is c1ccc2c(c1)ccn1c3cc4c(cc3nc21)sc1ccccc14. The summed E-state index contributed by atoms with van der Waals surface area (Å²) < 4.78 is 4.85. The Labute approximate surface area is 141 Å². The van der Waals surface area contributed by atoms with E-state index in [1.165, 1.54) is 36.5 Å². The summed E-state index contributed by atoms with van der Waals surface area (Å²) in [5.74, 6) is 0. The lowest BCUT2D eigenvalue weighted by molar-refractivity contribution is 1.25. The molecule has 0 aliphatic rings. The topological polar surface area (TPSA) is 17.3 Å². The van der Waals surface area contributed by atoms with Gasteiger partial charge in [0, 0.05) is 31.8 Å². The number of rotatable bonds is 0. The number of aromatic nitrogens is 2. The van der Waals surface area contributed by atoms with Gasteiger partial charge in [-0.25, -0.2) is 4.98 Å². The van der Waals surface area contributed by atoms with Crippen molar-refractivity contribution in [2.24, 2.45) is 0 Å². The molecule has 0 saturated carbocycles. The van der Waals surface area contributed by atoms with Crippen molar-refractivity contribution >= 4 is 59.0 Å². The van der Waals surface area contributed by atoms with E-state index in [0.29, 0.717) is 0 Å². The molecule has 0 aliphatic heterocycles. The maximum atomic E-state index is 4.93. The molecule has 0 atom stereocenters. The number of benzene rings is 3. The van der Waals surface area contributed by atoms with Gasteiger partial charge in [0.15, 0.2) is 0 Å². The van der Waals surface area contributed by atoms with Crippen molar-refractivity contribution in [1.82, 2.24) is 9.38 Å². The lowest BCUT2D eigenvalue weighted by atomic mass is 10.1. The molecule has 3 aromatic carbocycles. The Bertz CT molecular complexity index is 1400. The highest BCUT2D eigenvalue weighted by Gasteiger charge is 2.11. The molecule has 0 saturated heterocycles. The fraction of sp³-hybridized carbons (Fsp3) is 0. The van der Waals surface area contributed by atoms with Crippen LogP contribution in [0.3, 0.4) is 0 Å². The van der Waals surface area contributed by atoms with E-state index in [4.69, 9.17) is 4.98 Å². The van der Waals surface area contributed by atoms with Crippen LogP contribution in [-0.2, 0) is 0 Å². The minimum absolute atomic E-state index is 1.03. The second-order valence-corrected chi connectivity index (χ2v) is 7.23. The molecule has 3 heterocycles. The Balaban J connectivity index is 1.84. The first kappa shape index (κ1) is 12.5. The van der Waals surface area contributed by atoms with Crippen LogP contribution in [-0.4, -0.2) is 9.38 Å². The second kappa shape index (κ2) is 4.34. The normalized spacial score (nSPS) is 12.2. The van der Waals surface area contributed by atoms with Gasteiger partial charge in [-0.3, -0.25) is 4.40 Å². The molecule has 0 fully saturated rings. The monoisotopic (exact) mass is 324 g/mol. The maximum Gasteiger partial charge on any atom is 0.145 e. The number of fused-ring (bicyclic) bond motifs is 8. The minimum atomic E-state index is 1.03. The number of thiophene rings is 1. The van der Waals surface area contributed by atoms with Crippen LogP contribution >= 0.6 is 11.3 Å². The van der Waals surface area contributed by atoms with Crippen LogP contribution in [0.15, 0.2) is 72.9 Å². The summed E-state index contributed by atoms with van der Waals surface area (Å²) in [6.07, 6.45) is 2.13. The Morgan fingerprint density at radius 3 is 2.54 bits per heavy atom. The summed E-state index contributed by atoms with van der Waals surface area (Å²) in [6.45, 7) is 0. The average molecular weight is 324 g/mol. The number of nitrogens with zero attached hydrogens (tertiary/aromatic N) is 2. The number of hydrogen-bond donors (Lipinski definition) is 0. The van der Waals surface area contributed by atoms with Gasteiger partial charge in [-0.15, -0.1) is 11.3 Å². The molecule has 0 N–H and O–H groups in total. The molecule has 0 bridgehead atoms. The molecule has 112 valence electrons. The summed E-state index contributed by atoms with van der Waals surface area (Å²) in [5.41, 5.74) is 3.27. The highest BCUT2D eigenvalue weighted by molar-refractivity contribution is 7.25. The van der Waals surface area contributed by atoms with Gasteiger partial charge in [0.1, 0.15) is 5.65 Å². The predicted octanol–water partition coefficient (Wildman–Crippen LogP) is 6.01. The zero-order chi connectivity index (χ0) is 15.7. The fourth-order valence-electron chi connectivity index (χ4n) is 3.66. The van der Waals surface area contributed by atoms with Gasteiger partial charge in [0.2, 0.25) is 0 Å². The Kier molecular flexibility index (Phi) is 2.26. The summed E-state index contributed by atoms with van der Waals surface area (Å²) in [7, 11) is 0. The van der Waals surface area contributed by atoms with Crippen molar-refractivity contribution < 1.29 is 0 Å². The fourth-order valence-corrected chi connectivity index (χ4v) is 4.78. The summed E-state index contributed by atoms with van der Waals surface area (Å²) >= 11 is 1.84. The molecular formula is C21H12N2S. The van der Waals surface area contributed by atoms with Crippen molar-refractivity contribution in [3.8, 4) is 0 Å². The van der Waals surface area contributed by atoms with E-state index in [1.54, 1.807) is 0 Å². The van der Waals surface area contributed by atoms with Crippen molar-refractivity contribution in [1.29, 1.82) is 0 Å². The van der Waals surface area contributed by atoms with E-state index in [2.05, 4.69) is 77.3 Å². The summed E-state index contributed by atoms with van der Waals surface area (Å²) in [4.78, 5) is 4.93. The molecule has 6 aromatic rings. The van der Waals surface area contributed by atoms with Gasteiger partial charge in [-0.1, -0.05) is 42.5 Å². The zero-order valence-corrected chi connectivity index (χ0v) is 13.5. The van der Waals surface area contributed by atoms with Crippen molar-refractivity contribution in [2.75, 3.05) is 0 Å². The van der Waals surface area contributed by atoms with Crippen LogP contribution in [0.2, 0.25) is 0 Å². The highest BCUT2D eigenvalue weighted by atomic mass is 32.1.